The van der Waals surface area contributed by atoms with Crippen LogP contribution in [0.5, 0.6) is 5.75 Å². The molecule has 0 unspecified atom stereocenters. The van der Waals surface area contributed by atoms with E-state index in [-0.39, 0.29) is 21.9 Å². The summed E-state index contributed by atoms with van der Waals surface area (Å²) in [5.74, 6) is -2.26. The first-order valence-corrected chi connectivity index (χ1v) is 10.5. The normalized spacial score (nSPS) is 12.8. The van der Waals surface area contributed by atoms with Gasteiger partial charge in [-0.15, -0.1) is 0 Å². The van der Waals surface area contributed by atoms with Gasteiger partial charge in [0.1, 0.15) is 5.75 Å². The van der Waals surface area contributed by atoms with Crippen LogP contribution in [0.25, 0.3) is 10.9 Å². The van der Waals surface area contributed by atoms with Crippen LogP contribution in [0.3, 0.4) is 0 Å². The molecule has 4 aromatic rings. The number of aromatic nitrogens is 1. The number of ether oxygens (including phenoxy) is 1. The maximum atomic E-state index is 14.7. The minimum Gasteiger partial charge on any atom is -0.496 e. The Balaban J connectivity index is 2.03. The number of methoxy groups -OCH3 is 1. The maximum Gasteiger partial charge on any atom is 0.268 e. The predicted molar refractivity (Wildman–Crippen MR) is 110 cm³/mol. The topological polar surface area (TPSA) is 74.3 Å². The summed E-state index contributed by atoms with van der Waals surface area (Å²) < 4.78 is 61.9. The van der Waals surface area contributed by atoms with Crippen molar-refractivity contribution in [3.63, 3.8) is 0 Å². The van der Waals surface area contributed by atoms with E-state index in [1.54, 1.807) is 48.5 Å². The Morgan fingerprint density at radius 3 is 2.33 bits per heavy atom. The zero-order chi connectivity index (χ0) is 21.5. The van der Waals surface area contributed by atoms with Crippen molar-refractivity contribution in [2.75, 3.05) is 7.11 Å². The van der Waals surface area contributed by atoms with Gasteiger partial charge in [0.25, 0.3) is 10.0 Å². The quantitative estimate of drug-likeness (QED) is 0.517. The lowest BCUT2D eigenvalue weighted by atomic mass is 10.0. The summed E-state index contributed by atoms with van der Waals surface area (Å²) in [6.45, 7) is 0. The van der Waals surface area contributed by atoms with Gasteiger partial charge in [-0.25, -0.2) is 21.2 Å². The number of hydrogen-bond acceptors (Lipinski definition) is 4. The molecule has 4 rings (SSSR count). The van der Waals surface area contributed by atoms with E-state index in [1.807, 2.05) is 0 Å². The maximum absolute atomic E-state index is 14.7. The van der Waals surface area contributed by atoms with Crippen LogP contribution in [-0.2, 0) is 10.0 Å². The van der Waals surface area contributed by atoms with Gasteiger partial charge in [0.05, 0.1) is 34.8 Å². The molecule has 0 saturated heterocycles. The third-order valence-corrected chi connectivity index (χ3v) is 6.67. The van der Waals surface area contributed by atoms with E-state index >= 15 is 0 Å². The van der Waals surface area contributed by atoms with Gasteiger partial charge < -0.3 is 10.5 Å². The van der Waals surface area contributed by atoms with Gasteiger partial charge in [0.15, 0.2) is 11.6 Å². The van der Waals surface area contributed by atoms with Crippen LogP contribution in [-0.4, -0.2) is 19.5 Å². The Bertz CT molecular complexity index is 1340. The molecular weight excluding hydrogens is 410 g/mol. The van der Waals surface area contributed by atoms with Crippen molar-refractivity contribution in [3.05, 3.63) is 95.7 Å². The highest BCUT2D eigenvalue weighted by molar-refractivity contribution is 7.90. The number of halogens is 2. The number of hydrogen-bond donors (Lipinski definition) is 1. The Morgan fingerprint density at radius 2 is 1.63 bits per heavy atom. The zero-order valence-corrected chi connectivity index (χ0v) is 16.7. The summed E-state index contributed by atoms with van der Waals surface area (Å²) in [6.07, 6.45) is 0. The lowest BCUT2D eigenvalue weighted by Crippen LogP contribution is -2.23. The first-order chi connectivity index (χ1) is 14.4. The van der Waals surface area contributed by atoms with Crippen molar-refractivity contribution in [2.45, 2.75) is 10.9 Å². The minimum atomic E-state index is -4.07. The van der Waals surface area contributed by atoms with Crippen LogP contribution in [0.15, 0.2) is 77.7 Å². The van der Waals surface area contributed by atoms with Crippen LogP contribution in [0.2, 0.25) is 0 Å². The highest BCUT2D eigenvalue weighted by atomic mass is 32.2. The molecule has 1 aromatic heterocycles. The molecule has 30 heavy (non-hydrogen) atoms. The summed E-state index contributed by atoms with van der Waals surface area (Å²) in [5, 5.41) is 0.596. The molecule has 2 N–H and O–H groups in total. The van der Waals surface area contributed by atoms with Gasteiger partial charge in [0.2, 0.25) is 0 Å². The summed E-state index contributed by atoms with van der Waals surface area (Å²) >= 11 is 0. The number of nitrogens with two attached hydrogens (primary N) is 1. The van der Waals surface area contributed by atoms with E-state index < -0.39 is 27.7 Å². The van der Waals surface area contributed by atoms with E-state index in [9.17, 15) is 17.2 Å². The second-order valence-electron chi connectivity index (χ2n) is 6.67. The molecule has 0 spiro atoms. The fourth-order valence-electron chi connectivity index (χ4n) is 3.50. The van der Waals surface area contributed by atoms with Gasteiger partial charge in [-0.05, 0) is 36.4 Å². The van der Waals surface area contributed by atoms with Crippen LogP contribution < -0.4 is 10.5 Å². The second kappa shape index (κ2) is 7.55. The molecule has 0 saturated carbocycles. The van der Waals surface area contributed by atoms with Crippen molar-refractivity contribution in [1.29, 1.82) is 0 Å². The standard InChI is InChI=1S/C22H18F2N2O3S/c1-29-19-12-11-16(23)21(24)20(19)22(25)18-13-14-7-5-6-10-17(14)26(18)30(27,28)15-8-3-2-4-9-15/h2-13,22H,25H2,1H3/t22-/m0/s1. The molecular formula is C22H18F2N2O3S. The summed E-state index contributed by atoms with van der Waals surface area (Å²) in [7, 11) is -2.76. The van der Waals surface area contributed by atoms with E-state index in [1.165, 1.54) is 25.3 Å². The van der Waals surface area contributed by atoms with Gasteiger partial charge in [-0.1, -0.05) is 36.4 Å². The highest BCUT2D eigenvalue weighted by Gasteiger charge is 2.30. The summed E-state index contributed by atoms with van der Waals surface area (Å²) in [4.78, 5) is 0.0477. The predicted octanol–water partition coefficient (Wildman–Crippen LogP) is 4.21. The first-order valence-electron chi connectivity index (χ1n) is 9.04. The molecule has 5 nitrogen and oxygen atoms in total. The first kappa shape index (κ1) is 20.1. The molecule has 0 aliphatic heterocycles. The number of nitrogens with zero attached hydrogens (tertiary/aromatic N) is 1. The molecule has 0 bridgehead atoms. The molecule has 8 heteroatoms. The zero-order valence-electron chi connectivity index (χ0n) is 15.9. The van der Waals surface area contributed by atoms with Crippen molar-refractivity contribution in [2.24, 2.45) is 5.73 Å². The monoisotopic (exact) mass is 428 g/mol. The lowest BCUT2D eigenvalue weighted by molar-refractivity contribution is 0.394. The average molecular weight is 428 g/mol. The van der Waals surface area contributed by atoms with Crippen molar-refractivity contribution < 1.29 is 21.9 Å². The van der Waals surface area contributed by atoms with Crippen molar-refractivity contribution in [3.8, 4) is 5.75 Å². The Hall–Kier alpha value is -3.23. The molecule has 3 aromatic carbocycles. The second-order valence-corrected chi connectivity index (χ2v) is 8.45. The summed E-state index contributed by atoms with van der Waals surface area (Å²) in [5.41, 5.74) is 6.53. The van der Waals surface area contributed by atoms with Gasteiger partial charge in [-0.2, -0.15) is 0 Å². The average Bonchev–Trinajstić information content (AvgIpc) is 3.16. The van der Waals surface area contributed by atoms with Crippen LogP contribution in [0.4, 0.5) is 8.78 Å². The Labute approximate surface area is 172 Å². The Kier molecular flexibility index (Phi) is 5.05. The van der Waals surface area contributed by atoms with E-state index in [2.05, 4.69) is 0 Å². The molecule has 0 aliphatic carbocycles. The number of para-hydroxylation sites is 1. The number of rotatable bonds is 5. The number of benzene rings is 3. The molecule has 154 valence electrons. The van der Waals surface area contributed by atoms with Crippen LogP contribution in [0.1, 0.15) is 17.3 Å². The smallest absolute Gasteiger partial charge is 0.268 e. The third-order valence-electron chi connectivity index (χ3n) is 4.92. The largest absolute Gasteiger partial charge is 0.496 e. The number of fused-ring (bicyclic) bond motifs is 1. The van der Waals surface area contributed by atoms with Crippen LogP contribution >= 0.6 is 0 Å². The van der Waals surface area contributed by atoms with E-state index in [0.29, 0.717) is 10.9 Å². The van der Waals surface area contributed by atoms with E-state index in [4.69, 9.17) is 10.5 Å². The highest BCUT2D eigenvalue weighted by Crippen LogP contribution is 2.36. The molecule has 0 amide bonds. The van der Waals surface area contributed by atoms with Gasteiger partial charge >= 0.3 is 0 Å². The van der Waals surface area contributed by atoms with Gasteiger partial charge in [-0.3, -0.25) is 0 Å². The van der Waals surface area contributed by atoms with Gasteiger partial charge in [0, 0.05) is 5.39 Å². The minimum absolute atomic E-state index is 0.0234. The lowest BCUT2D eigenvalue weighted by Gasteiger charge is -2.20. The van der Waals surface area contributed by atoms with E-state index in [0.717, 1.165) is 10.0 Å². The molecule has 0 radical (unpaired) electrons. The molecule has 0 fully saturated rings. The molecule has 1 atom stereocenters. The fourth-order valence-corrected chi connectivity index (χ4v) is 5.08. The Morgan fingerprint density at radius 1 is 0.967 bits per heavy atom. The SMILES string of the molecule is COc1ccc(F)c(F)c1[C@@H](N)c1cc2ccccc2n1S(=O)(=O)c1ccccc1. The molecule has 0 aliphatic rings. The fraction of sp³-hybridized carbons (Fsp3) is 0.0909. The van der Waals surface area contributed by atoms with Crippen molar-refractivity contribution >= 4 is 20.9 Å². The van der Waals surface area contributed by atoms with Crippen LogP contribution in [0, 0.1) is 11.6 Å². The van der Waals surface area contributed by atoms with Crippen molar-refractivity contribution in [1.82, 2.24) is 3.97 Å². The summed E-state index contributed by atoms with van der Waals surface area (Å²) in [6, 6.07) is 17.1. The third kappa shape index (κ3) is 3.14. The molecule has 1 heterocycles.